The first-order valence-electron chi connectivity index (χ1n) is 5.33. The molecule has 1 heterocycles. The summed E-state index contributed by atoms with van der Waals surface area (Å²) in [5.41, 5.74) is 0. The number of unbranched alkanes of at least 4 members (excludes halogenated alkanes) is 1. The Kier molecular flexibility index (Phi) is 6.48. The van der Waals surface area contributed by atoms with Crippen LogP contribution in [0.1, 0.15) is 24.6 Å². The fourth-order valence-electron chi connectivity index (χ4n) is 1.45. The van der Waals surface area contributed by atoms with Crippen molar-refractivity contribution in [2.75, 3.05) is 19.7 Å². The SMILES string of the molecule is CCCCN(CCO)Cc1ccc(Br)s1. The van der Waals surface area contributed by atoms with Crippen molar-refractivity contribution < 1.29 is 5.11 Å². The first-order chi connectivity index (χ1) is 7.26. The van der Waals surface area contributed by atoms with Gasteiger partial charge in [0, 0.05) is 18.0 Å². The molecule has 15 heavy (non-hydrogen) atoms. The minimum atomic E-state index is 0.246. The first-order valence-corrected chi connectivity index (χ1v) is 6.94. The fourth-order valence-corrected chi connectivity index (χ4v) is 2.98. The molecule has 4 heteroatoms. The number of hydrogen-bond acceptors (Lipinski definition) is 3. The van der Waals surface area contributed by atoms with E-state index in [9.17, 15) is 0 Å². The highest BCUT2D eigenvalue weighted by atomic mass is 79.9. The Balaban J connectivity index is 2.42. The molecular formula is C11H18BrNOS. The van der Waals surface area contributed by atoms with Crippen molar-refractivity contribution in [1.29, 1.82) is 0 Å². The van der Waals surface area contributed by atoms with E-state index in [1.807, 2.05) is 0 Å². The molecule has 0 amide bonds. The van der Waals surface area contributed by atoms with Gasteiger partial charge >= 0.3 is 0 Å². The van der Waals surface area contributed by atoms with Crippen molar-refractivity contribution in [3.8, 4) is 0 Å². The maximum absolute atomic E-state index is 8.97. The molecule has 0 unspecified atom stereocenters. The lowest BCUT2D eigenvalue weighted by molar-refractivity contribution is 0.189. The normalized spacial score (nSPS) is 11.2. The molecule has 1 aromatic heterocycles. The fraction of sp³-hybridized carbons (Fsp3) is 0.636. The molecule has 0 aliphatic rings. The Morgan fingerprint density at radius 3 is 2.73 bits per heavy atom. The van der Waals surface area contributed by atoms with Gasteiger partial charge < -0.3 is 5.11 Å². The summed E-state index contributed by atoms with van der Waals surface area (Å²) in [6.45, 7) is 5.24. The van der Waals surface area contributed by atoms with Gasteiger partial charge in [-0.3, -0.25) is 4.90 Å². The van der Waals surface area contributed by atoms with Crippen LogP contribution >= 0.6 is 27.3 Å². The number of halogens is 1. The Morgan fingerprint density at radius 1 is 1.40 bits per heavy atom. The molecule has 0 saturated carbocycles. The van der Waals surface area contributed by atoms with E-state index in [-0.39, 0.29) is 6.61 Å². The molecule has 2 nitrogen and oxygen atoms in total. The van der Waals surface area contributed by atoms with Crippen LogP contribution in [0.5, 0.6) is 0 Å². The third-order valence-corrected chi connectivity index (χ3v) is 3.86. The van der Waals surface area contributed by atoms with Gasteiger partial charge in [-0.05, 0) is 41.0 Å². The molecule has 0 aromatic carbocycles. The van der Waals surface area contributed by atoms with Crippen LogP contribution in [0.4, 0.5) is 0 Å². The number of rotatable bonds is 7. The van der Waals surface area contributed by atoms with Crippen molar-refractivity contribution in [3.05, 3.63) is 20.8 Å². The lowest BCUT2D eigenvalue weighted by Gasteiger charge is -2.19. The van der Waals surface area contributed by atoms with Crippen LogP contribution in [0.3, 0.4) is 0 Å². The Bertz CT molecular complexity index is 277. The van der Waals surface area contributed by atoms with Gasteiger partial charge in [0.25, 0.3) is 0 Å². The van der Waals surface area contributed by atoms with Gasteiger partial charge in [0.2, 0.25) is 0 Å². The van der Waals surface area contributed by atoms with Gasteiger partial charge in [0.05, 0.1) is 10.4 Å². The van der Waals surface area contributed by atoms with Gasteiger partial charge in [-0.2, -0.15) is 0 Å². The molecule has 1 aromatic rings. The molecule has 1 rings (SSSR count). The summed E-state index contributed by atoms with van der Waals surface area (Å²) in [5, 5.41) is 8.97. The van der Waals surface area contributed by atoms with Crippen LogP contribution in [0.2, 0.25) is 0 Å². The predicted octanol–water partition coefficient (Wildman–Crippen LogP) is 3.11. The molecule has 0 fully saturated rings. The summed E-state index contributed by atoms with van der Waals surface area (Å²) >= 11 is 5.23. The maximum Gasteiger partial charge on any atom is 0.0701 e. The van der Waals surface area contributed by atoms with E-state index < -0.39 is 0 Å². The van der Waals surface area contributed by atoms with E-state index >= 15 is 0 Å². The zero-order valence-electron chi connectivity index (χ0n) is 9.08. The van der Waals surface area contributed by atoms with Crippen LogP contribution in [0.25, 0.3) is 0 Å². The molecule has 0 radical (unpaired) electrons. The third kappa shape index (κ3) is 5.11. The highest BCUT2D eigenvalue weighted by Crippen LogP contribution is 2.23. The smallest absolute Gasteiger partial charge is 0.0701 e. The minimum absolute atomic E-state index is 0.246. The average Bonchev–Trinajstić information content (AvgIpc) is 2.61. The zero-order valence-corrected chi connectivity index (χ0v) is 11.5. The number of nitrogens with zero attached hydrogens (tertiary/aromatic N) is 1. The second kappa shape index (κ2) is 7.39. The molecule has 86 valence electrons. The van der Waals surface area contributed by atoms with Crippen LogP contribution in [-0.2, 0) is 6.54 Å². The highest BCUT2D eigenvalue weighted by molar-refractivity contribution is 9.11. The van der Waals surface area contributed by atoms with E-state index in [2.05, 4.69) is 39.9 Å². The summed E-state index contributed by atoms with van der Waals surface area (Å²) in [5.74, 6) is 0. The summed E-state index contributed by atoms with van der Waals surface area (Å²) in [6, 6.07) is 4.22. The molecule has 0 aliphatic heterocycles. The van der Waals surface area contributed by atoms with Crippen molar-refractivity contribution >= 4 is 27.3 Å². The van der Waals surface area contributed by atoms with E-state index in [0.717, 1.165) is 19.6 Å². The molecule has 0 bridgehead atoms. The number of aliphatic hydroxyl groups is 1. The van der Waals surface area contributed by atoms with Gasteiger partial charge in [-0.25, -0.2) is 0 Å². The summed E-state index contributed by atoms with van der Waals surface area (Å²) in [6.07, 6.45) is 2.41. The first kappa shape index (κ1) is 13.2. The number of thiophene rings is 1. The lowest BCUT2D eigenvalue weighted by Crippen LogP contribution is -2.27. The van der Waals surface area contributed by atoms with Crippen molar-refractivity contribution in [1.82, 2.24) is 4.90 Å². The van der Waals surface area contributed by atoms with Crippen LogP contribution in [-0.4, -0.2) is 29.7 Å². The molecule has 0 saturated heterocycles. The van der Waals surface area contributed by atoms with E-state index in [1.54, 1.807) is 11.3 Å². The monoisotopic (exact) mass is 291 g/mol. The van der Waals surface area contributed by atoms with Gasteiger partial charge in [-0.15, -0.1) is 11.3 Å². The van der Waals surface area contributed by atoms with Gasteiger partial charge in [0.15, 0.2) is 0 Å². The van der Waals surface area contributed by atoms with E-state index in [4.69, 9.17) is 5.11 Å². The van der Waals surface area contributed by atoms with Crippen LogP contribution in [0, 0.1) is 0 Å². The second-order valence-electron chi connectivity index (χ2n) is 3.56. The molecule has 1 N–H and O–H groups in total. The van der Waals surface area contributed by atoms with E-state index in [1.165, 1.54) is 21.5 Å². The predicted molar refractivity (Wildman–Crippen MR) is 69.3 cm³/mol. The topological polar surface area (TPSA) is 23.5 Å². The Morgan fingerprint density at radius 2 is 2.20 bits per heavy atom. The van der Waals surface area contributed by atoms with Gasteiger partial charge in [-0.1, -0.05) is 13.3 Å². The van der Waals surface area contributed by atoms with Crippen LogP contribution in [0.15, 0.2) is 15.9 Å². The summed E-state index contributed by atoms with van der Waals surface area (Å²) in [4.78, 5) is 3.66. The Labute approximate surface area is 104 Å². The van der Waals surface area contributed by atoms with E-state index in [0.29, 0.717) is 0 Å². The summed E-state index contributed by atoms with van der Waals surface area (Å²) in [7, 11) is 0. The minimum Gasteiger partial charge on any atom is -0.395 e. The van der Waals surface area contributed by atoms with Crippen molar-refractivity contribution in [2.24, 2.45) is 0 Å². The lowest BCUT2D eigenvalue weighted by atomic mass is 10.3. The Hall–Kier alpha value is 0.1000. The summed E-state index contributed by atoms with van der Waals surface area (Å²) < 4.78 is 1.18. The van der Waals surface area contributed by atoms with Crippen molar-refractivity contribution in [3.63, 3.8) is 0 Å². The average molecular weight is 292 g/mol. The third-order valence-electron chi connectivity index (χ3n) is 2.25. The standard InChI is InChI=1S/C11H18BrNOS/c1-2-3-6-13(7-8-14)9-10-4-5-11(12)15-10/h4-5,14H,2-3,6-9H2,1H3. The van der Waals surface area contributed by atoms with Crippen LogP contribution < -0.4 is 0 Å². The highest BCUT2D eigenvalue weighted by Gasteiger charge is 2.06. The number of aliphatic hydroxyl groups excluding tert-OH is 1. The quantitative estimate of drug-likeness (QED) is 0.834. The van der Waals surface area contributed by atoms with Gasteiger partial charge in [0.1, 0.15) is 0 Å². The largest absolute Gasteiger partial charge is 0.395 e. The molecular weight excluding hydrogens is 274 g/mol. The maximum atomic E-state index is 8.97. The number of hydrogen-bond donors (Lipinski definition) is 1. The molecule has 0 aliphatic carbocycles. The second-order valence-corrected chi connectivity index (χ2v) is 6.11. The molecule has 0 spiro atoms. The zero-order chi connectivity index (χ0) is 11.1. The van der Waals surface area contributed by atoms with Crippen molar-refractivity contribution in [2.45, 2.75) is 26.3 Å². The molecule has 0 atom stereocenters.